The van der Waals surface area contributed by atoms with Crippen LogP contribution in [0, 0.1) is 5.92 Å². The Hall–Kier alpha value is -3.54. The molecule has 1 saturated heterocycles. The quantitative estimate of drug-likeness (QED) is 0.290. The van der Waals surface area contributed by atoms with Crippen LogP contribution in [-0.4, -0.2) is 74.3 Å². The molecule has 2 heterocycles. The molecule has 0 radical (unpaired) electrons. The maximum atomic E-state index is 13.0. The molecule has 11 heteroatoms. The van der Waals surface area contributed by atoms with E-state index < -0.39 is 34.5 Å². The van der Waals surface area contributed by atoms with Gasteiger partial charge in [-0.25, -0.2) is 13.2 Å². The molecule has 2 N–H and O–H groups in total. The van der Waals surface area contributed by atoms with Gasteiger partial charge in [0.05, 0.1) is 18.1 Å². The topological polar surface area (TPSA) is 135 Å². The fourth-order valence-corrected chi connectivity index (χ4v) is 5.96. The summed E-state index contributed by atoms with van der Waals surface area (Å²) in [5.41, 5.74) is 2.47. The van der Waals surface area contributed by atoms with Crippen LogP contribution in [0.25, 0.3) is 10.9 Å². The van der Waals surface area contributed by atoms with Crippen LogP contribution in [0.2, 0.25) is 0 Å². The number of nitrogens with zero attached hydrogens (tertiary/aromatic N) is 1. The third kappa shape index (κ3) is 6.21. The van der Waals surface area contributed by atoms with Crippen molar-refractivity contribution in [1.29, 1.82) is 0 Å². The van der Waals surface area contributed by atoms with Gasteiger partial charge in [0.15, 0.2) is 6.61 Å². The number of H-pyrrole nitrogens is 1. The highest BCUT2D eigenvalue weighted by Crippen LogP contribution is 2.23. The number of carbonyl (C=O) groups excluding carboxylic acids is 3. The molecule has 1 aliphatic heterocycles. The summed E-state index contributed by atoms with van der Waals surface area (Å²) in [7, 11) is -3.80. The number of aryl methyl sites for hydroxylation is 1. The van der Waals surface area contributed by atoms with Gasteiger partial charge in [-0.1, -0.05) is 45.0 Å². The third-order valence-corrected chi connectivity index (χ3v) is 8.63. The second kappa shape index (κ2) is 12.1. The maximum Gasteiger partial charge on any atom is 0.329 e. The fraction of sp³-hybridized carbons (Fsp3) is 0.393. The predicted molar refractivity (Wildman–Crippen MR) is 145 cm³/mol. The van der Waals surface area contributed by atoms with Crippen LogP contribution in [0.4, 0.5) is 0 Å². The van der Waals surface area contributed by atoms with Crippen LogP contribution in [0.15, 0.2) is 53.6 Å². The number of morpholine rings is 1. The first kappa shape index (κ1) is 28.5. The fourth-order valence-electron chi connectivity index (χ4n) is 4.50. The number of amides is 1. The third-order valence-electron chi connectivity index (χ3n) is 6.74. The van der Waals surface area contributed by atoms with Crippen molar-refractivity contribution in [3.8, 4) is 0 Å². The zero-order chi connectivity index (χ0) is 28.2. The molecular weight excluding hydrogens is 522 g/mol. The first-order chi connectivity index (χ1) is 18.6. The van der Waals surface area contributed by atoms with E-state index >= 15 is 0 Å². The van der Waals surface area contributed by atoms with Crippen molar-refractivity contribution < 1.29 is 32.3 Å². The highest BCUT2D eigenvalue weighted by Gasteiger charge is 2.29. The van der Waals surface area contributed by atoms with Crippen molar-refractivity contribution in [2.75, 3.05) is 32.9 Å². The molecule has 2 aromatic carbocycles. The second-order valence-corrected chi connectivity index (χ2v) is 11.6. The molecule has 1 atom stereocenters. The number of hydrogen-bond acceptors (Lipinski definition) is 7. The van der Waals surface area contributed by atoms with E-state index in [1.165, 1.54) is 28.6 Å². The lowest BCUT2D eigenvalue weighted by Crippen LogP contribution is -2.45. The zero-order valence-electron chi connectivity index (χ0n) is 22.2. The van der Waals surface area contributed by atoms with E-state index in [1.54, 1.807) is 20.0 Å². The van der Waals surface area contributed by atoms with Gasteiger partial charge in [-0.15, -0.1) is 0 Å². The van der Waals surface area contributed by atoms with Crippen molar-refractivity contribution in [2.24, 2.45) is 5.92 Å². The van der Waals surface area contributed by atoms with Crippen molar-refractivity contribution in [1.82, 2.24) is 14.6 Å². The number of Topliss-reactive ketones (excluding diaryl/α,β-unsaturated/α-hetero) is 1. The molecule has 0 bridgehead atoms. The Labute approximate surface area is 227 Å². The highest BCUT2D eigenvalue weighted by atomic mass is 32.2. The van der Waals surface area contributed by atoms with Crippen molar-refractivity contribution >= 4 is 38.6 Å². The normalized spacial score (nSPS) is 15.3. The largest absolute Gasteiger partial charge is 0.456 e. The molecule has 10 nitrogen and oxygen atoms in total. The Morgan fingerprint density at radius 2 is 1.82 bits per heavy atom. The van der Waals surface area contributed by atoms with E-state index in [0.717, 1.165) is 22.9 Å². The molecule has 0 saturated carbocycles. The SMILES string of the molecule is CCc1cccc2c(C(=O)COC(=O)C(NC(=O)c3cccc(S(=O)(=O)N4CCOCC4)c3)C(C)C)c[nH]c12. The Bertz CT molecular complexity index is 1470. The number of fused-ring (bicyclic) bond motifs is 1. The van der Waals surface area contributed by atoms with E-state index in [0.29, 0.717) is 18.8 Å². The first-order valence-corrected chi connectivity index (χ1v) is 14.3. The summed E-state index contributed by atoms with van der Waals surface area (Å²) in [4.78, 5) is 41.9. The van der Waals surface area contributed by atoms with E-state index in [2.05, 4.69) is 10.3 Å². The number of rotatable bonds is 10. The molecule has 1 aliphatic rings. The van der Waals surface area contributed by atoms with Gasteiger partial charge in [-0.05, 0) is 36.1 Å². The number of aromatic nitrogens is 1. The number of ketones is 1. The number of sulfonamides is 1. The molecule has 1 unspecified atom stereocenters. The summed E-state index contributed by atoms with van der Waals surface area (Å²) in [6.07, 6.45) is 2.41. The van der Waals surface area contributed by atoms with Gasteiger partial charge < -0.3 is 19.8 Å². The highest BCUT2D eigenvalue weighted by molar-refractivity contribution is 7.89. The summed E-state index contributed by atoms with van der Waals surface area (Å²) < 4.78 is 37.9. The molecule has 3 aromatic rings. The maximum absolute atomic E-state index is 13.0. The Balaban J connectivity index is 1.43. The zero-order valence-corrected chi connectivity index (χ0v) is 23.0. The summed E-state index contributed by atoms with van der Waals surface area (Å²) >= 11 is 0. The van der Waals surface area contributed by atoms with Gasteiger partial charge >= 0.3 is 5.97 Å². The lowest BCUT2D eigenvalue weighted by Gasteiger charge is -2.26. The smallest absolute Gasteiger partial charge is 0.329 e. The second-order valence-electron chi connectivity index (χ2n) is 9.67. The minimum atomic E-state index is -3.80. The van der Waals surface area contributed by atoms with Crippen LogP contribution >= 0.6 is 0 Å². The van der Waals surface area contributed by atoms with Crippen LogP contribution in [0.5, 0.6) is 0 Å². The number of ether oxygens (including phenoxy) is 2. The van der Waals surface area contributed by atoms with E-state index in [-0.39, 0.29) is 35.2 Å². The molecule has 0 spiro atoms. The number of esters is 1. The van der Waals surface area contributed by atoms with Gasteiger partial charge in [0.2, 0.25) is 15.8 Å². The molecule has 1 amide bonds. The van der Waals surface area contributed by atoms with Crippen LogP contribution in [-0.2, 0) is 30.7 Å². The number of nitrogens with one attached hydrogen (secondary N) is 2. The standard InChI is InChI=1S/C28H33N3O7S/c1-4-19-7-6-10-22-23(16-29-26(19)22)24(32)17-38-28(34)25(18(2)3)30-27(33)20-8-5-9-21(15-20)39(35,36)31-11-13-37-14-12-31/h5-10,15-16,18,25,29H,4,11-14,17H2,1-3H3,(H,30,33). The summed E-state index contributed by atoms with van der Waals surface area (Å²) in [6, 6.07) is 10.3. The van der Waals surface area contributed by atoms with Crippen LogP contribution in [0.3, 0.4) is 0 Å². The molecular formula is C28H33N3O7S. The number of benzene rings is 2. The molecule has 4 rings (SSSR count). The molecule has 0 aliphatic carbocycles. The van der Waals surface area contributed by atoms with Gasteiger partial charge in [-0.2, -0.15) is 4.31 Å². The van der Waals surface area contributed by atoms with Gasteiger partial charge in [0.1, 0.15) is 6.04 Å². The monoisotopic (exact) mass is 555 g/mol. The van der Waals surface area contributed by atoms with Crippen molar-refractivity contribution in [3.05, 3.63) is 65.4 Å². The average molecular weight is 556 g/mol. The average Bonchev–Trinajstić information content (AvgIpc) is 3.39. The lowest BCUT2D eigenvalue weighted by molar-refractivity contribution is -0.145. The minimum Gasteiger partial charge on any atom is -0.456 e. The van der Waals surface area contributed by atoms with E-state index in [1.807, 2.05) is 25.1 Å². The van der Waals surface area contributed by atoms with E-state index in [9.17, 15) is 22.8 Å². The Morgan fingerprint density at radius 1 is 1.10 bits per heavy atom. The van der Waals surface area contributed by atoms with Gasteiger partial charge in [0, 0.05) is 41.3 Å². The lowest BCUT2D eigenvalue weighted by atomic mass is 10.0. The van der Waals surface area contributed by atoms with Gasteiger partial charge in [-0.3, -0.25) is 9.59 Å². The van der Waals surface area contributed by atoms with Crippen molar-refractivity contribution in [2.45, 2.75) is 38.1 Å². The minimum absolute atomic E-state index is 0.0173. The Morgan fingerprint density at radius 3 is 2.51 bits per heavy atom. The van der Waals surface area contributed by atoms with E-state index in [4.69, 9.17) is 9.47 Å². The van der Waals surface area contributed by atoms with Crippen LogP contribution < -0.4 is 5.32 Å². The Kier molecular flexibility index (Phi) is 8.83. The van der Waals surface area contributed by atoms with Crippen LogP contribution in [0.1, 0.15) is 47.1 Å². The number of hydrogen-bond donors (Lipinski definition) is 2. The molecule has 208 valence electrons. The summed E-state index contributed by atoms with van der Waals surface area (Å²) in [5.74, 6) is -2.09. The summed E-state index contributed by atoms with van der Waals surface area (Å²) in [6.45, 7) is 6.10. The summed E-state index contributed by atoms with van der Waals surface area (Å²) in [5, 5.41) is 3.39. The number of para-hydroxylation sites is 1. The predicted octanol–water partition coefficient (Wildman–Crippen LogP) is 2.93. The van der Waals surface area contributed by atoms with Gasteiger partial charge in [0.25, 0.3) is 5.91 Å². The molecule has 1 aromatic heterocycles. The number of carbonyl (C=O) groups is 3. The first-order valence-electron chi connectivity index (χ1n) is 12.9. The number of aromatic amines is 1. The molecule has 1 fully saturated rings. The molecule has 39 heavy (non-hydrogen) atoms. The van der Waals surface area contributed by atoms with Crippen molar-refractivity contribution in [3.63, 3.8) is 0 Å².